The van der Waals surface area contributed by atoms with Crippen molar-refractivity contribution < 1.29 is 27.1 Å². The van der Waals surface area contributed by atoms with Crippen LogP contribution >= 0.6 is 22.6 Å². The van der Waals surface area contributed by atoms with Crippen molar-refractivity contribution in [3.05, 3.63) is 50.6 Å². The van der Waals surface area contributed by atoms with Crippen molar-refractivity contribution in [1.29, 1.82) is 0 Å². The molecule has 0 bridgehead atoms. The van der Waals surface area contributed by atoms with Gasteiger partial charge in [-0.25, -0.2) is 26.3 Å². The fraction of sp³-hybridized carbons (Fsp3) is 0.188. The van der Waals surface area contributed by atoms with Gasteiger partial charge >= 0.3 is 5.97 Å². The molecule has 2 aromatic rings. The molecule has 0 fully saturated rings. The van der Waals surface area contributed by atoms with Crippen LogP contribution in [0.15, 0.2) is 29.2 Å². The van der Waals surface area contributed by atoms with Crippen molar-refractivity contribution in [3.63, 3.8) is 0 Å². The zero-order chi connectivity index (χ0) is 19.8. The third-order valence-corrected chi connectivity index (χ3v) is 6.10. The van der Waals surface area contributed by atoms with Gasteiger partial charge in [0.15, 0.2) is 11.6 Å². The number of carbonyl (C=O) groups is 1. The first-order valence-corrected chi connectivity index (χ1v) is 9.69. The Hall–Kier alpha value is -1.79. The van der Waals surface area contributed by atoms with E-state index in [1.807, 2.05) is 0 Å². The quantitative estimate of drug-likeness (QED) is 0.619. The van der Waals surface area contributed by atoms with Crippen molar-refractivity contribution in [2.75, 3.05) is 19.4 Å². The fourth-order valence-electron chi connectivity index (χ4n) is 2.18. The van der Waals surface area contributed by atoms with Gasteiger partial charge in [-0.15, -0.1) is 0 Å². The number of halogens is 3. The molecule has 26 heavy (non-hydrogen) atoms. The summed E-state index contributed by atoms with van der Waals surface area (Å²) in [5, 5.41) is 11.9. The molecule has 0 radical (unpaired) electrons. The average molecular weight is 496 g/mol. The van der Waals surface area contributed by atoms with Gasteiger partial charge in [0.05, 0.1) is 11.3 Å². The summed E-state index contributed by atoms with van der Waals surface area (Å²) in [6.45, 7) is 1.71. The molecule has 0 aliphatic rings. The van der Waals surface area contributed by atoms with Crippen LogP contribution in [0.3, 0.4) is 0 Å². The second-order valence-electron chi connectivity index (χ2n) is 5.60. The molecule has 0 unspecified atom stereocenters. The Morgan fingerprint density at radius 3 is 2.31 bits per heavy atom. The molecule has 0 aliphatic carbocycles. The van der Waals surface area contributed by atoms with Crippen LogP contribution in [0.5, 0.6) is 0 Å². The van der Waals surface area contributed by atoms with E-state index in [9.17, 15) is 27.1 Å². The second-order valence-corrected chi connectivity index (χ2v) is 8.97. The van der Waals surface area contributed by atoms with E-state index in [1.165, 1.54) is 0 Å². The number of anilines is 2. The van der Waals surface area contributed by atoms with Gasteiger partial charge in [0.2, 0.25) is 10.0 Å². The highest BCUT2D eigenvalue weighted by Crippen LogP contribution is 2.32. The van der Waals surface area contributed by atoms with Gasteiger partial charge in [0.25, 0.3) is 0 Å². The van der Waals surface area contributed by atoms with Gasteiger partial charge in [0.1, 0.15) is 4.90 Å². The first kappa shape index (κ1) is 20.5. The fourth-order valence-corrected chi connectivity index (χ4v) is 3.80. The SMILES string of the molecule is Cc1cc(I)ccc1Nc1c(C(=O)O)cc(S(=O)(=O)N(C)C)c(F)c1F. The van der Waals surface area contributed by atoms with Crippen molar-refractivity contribution in [2.45, 2.75) is 11.8 Å². The first-order chi connectivity index (χ1) is 12.0. The molecule has 0 aliphatic heterocycles. The van der Waals surface area contributed by atoms with Crippen molar-refractivity contribution in [2.24, 2.45) is 0 Å². The number of sulfonamides is 1. The standard InChI is InChI=1S/C16H15F2IN2O4S/c1-8-6-9(19)4-5-11(8)20-15-10(16(22)23)7-12(13(17)14(15)18)26(24,25)21(2)3/h4-7,20H,1-3H3,(H,22,23). The molecule has 0 saturated carbocycles. The molecule has 10 heteroatoms. The van der Waals surface area contributed by atoms with Crippen LogP contribution in [0, 0.1) is 22.1 Å². The molecule has 0 heterocycles. The predicted octanol–water partition coefficient (Wildman–Crippen LogP) is 3.57. The highest BCUT2D eigenvalue weighted by atomic mass is 127. The maximum Gasteiger partial charge on any atom is 0.337 e. The summed E-state index contributed by atoms with van der Waals surface area (Å²) in [6.07, 6.45) is 0. The van der Waals surface area contributed by atoms with Gasteiger partial charge in [-0.3, -0.25) is 0 Å². The van der Waals surface area contributed by atoms with Gasteiger partial charge in [-0.1, -0.05) is 0 Å². The number of hydrogen-bond acceptors (Lipinski definition) is 4. The van der Waals surface area contributed by atoms with Crippen molar-refractivity contribution >= 4 is 50.0 Å². The van der Waals surface area contributed by atoms with Crippen LogP contribution in [-0.4, -0.2) is 37.9 Å². The van der Waals surface area contributed by atoms with E-state index in [4.69, 9.17) is 0 Å². The van der Waals surface area contributed by atoms with Gasteiger partial charge < -0.3 is 10.4 Å². The Bertz CT molecular complexity index is 994. The summed E-state index contributed by atoms with van der Waals surface area (Å²) in [6, 6.07) is 5.67. The zero-order valence-corrected chi connectivity index (χ0v) is 16.9. The number of benzene rings is 2. The van der Waals surface area contributed by atoms with E-state index in [0.29, 0.717) is 21.6 Å². The topological polar surface area (TPSA) is 86.7 Å². The Kier molecular flexibility index (Phi) is 5.88. The van der Waals surface area contributed by atoms with Gasteiger partial charge in [0, 0.05) is 23.4 Å². The van der Waals surface area contributed by atoms with Gasteiger partial charge in [-0.05, 0) is 59.3 Å². The van der Waals surface area contributed by atoms with E-state index in [2.05, 4.69) is 27.9 Å². The Morgan fingerprint density at radius 2 is 1.81 bits per heavy atom. The maximum absolute atomic E-state index is 14.6. The molecule has 2 N–H and O–H groups in total. The minimum absolute atomic E-state index is 0.370. The summed E-state index contributed by atoms with van der Waals surface area (Å²) in [5.74, 6) is -4.82. The number of aryl methyl sites for hydroxylation is 1. The number of rotatable bonds is 5. The molecule has 0 amide bonds. The molecular weight excluding hydrogens is 481 g/mol. The largest absolute Gasteiger partial charge is 0.478 e. The minimum atomic E-state index is -4.36. The summed E-state index contributed by atoms with van der Waals surface area (Å²) in [5.41, 5.74) is -0.285. The molecule has 0 saturated heterocycles. The summed E-state index contributed by atoms with van der Waals surface area (Å²) in [4.78, 5) is 10.5. The Labute approximate surface area is 163 Å². The van der Waals surface area contributed by atoms with Crippen LogP contribution < -0.4 is 5.32 Å². The molecule has 2 aromatic carbocycles. The molecule has 2 rings (SSSR count). The van der Waals surface area contributed by atoms with Gasteiger partial charge in [-0.2, -0.15) is 0 Å². The monoisotopic (exact) mass is 496 g/mol. The van der Waals surface area contributed by atoms with E-state index in [-0.39, 0.29) is 0 Å². The number of hydrogen-bond donors (Lipinski definition) is 2. The van der Waals surface area contributed by atoms with Crippen LogP contribution in [0.2, 0.25) is 0 Å². The number of nitrogens with zero attached hydrogens (tertiary/aromatic N) is 1. The molecule has 140 valence electrons. The minimum Gasteiger partial charge on any atom is -0.478 e. The summed E-state index contributed by atoms with van der Waals surface area (Å²) < 4.78 is 54.9. The van der Waals surface area contributed by atoms with E-state index >= 15 is 0 Å². The molecule has 0 spiro atoms. The lowest BCUT2D eigenvalue weighted by Gasteiger charge is -2.17. The molecule has 0 atom stereocenters. The lowest BCUT2D eigenvalue weighted by molar-refractivity contribution is 0.0697. The lowest BCUT2D eigenvalue weighted by atomic mass is 10.1. The number of nitrogens with one attached hydrogen (secondary N) is 1. The number of carboxylic acid groups (broad SMARTS) is 1. The van der Waals surface area contributed by atoms with Crippen molar-refractivity contribution in [1.82, 2.24) is 4.31 Å². The third kappa shape index (κ3) is 3.81. The van der Waals surface area contributed by atoms with Crippen LogP contribution in [0.25, 0.3) is 0 Å². The summed E-state index contributed by atoms with van der Waals surface area (Å²) in [7, 11) is -2.10. The zero-order valence-electron chi connectivity index (χ0n) is 14.0. The average Bonchev–Trinajstić information content (AvgIpc) is 2.53. The molecule has 0 aromatic heterocycles. The van der Waals surface area contributed by atoms with Crippen LogP contribution in [-0.2, 0) is 10.0 Å². The van der Waals surface area contributed by atoms with E-state index < -0.39 is 43.8 Å². The van der Waals surface area contributed by atoms with Crippen LogP contribution in [0.1, 0.15) is 15.9 Å². The smallest absolute Gasteiger partial charge is 0.337 e. The lowest BCUT2D eigenvalue weighted by Crippen LogP contribution is -2.24. The highest BCUT2D eigenvalue weighted by Gasteiger charge is 2.30. The van der Waals surface area contributed by atoms with Crippen LogP contribution in [0.4, 0.5) is 20.2 Å². The highest BCUT2D eigenvalue weighted by molar-refractivity contribution is 14.1. The summed E-state index contributed by atoms with van der Waals surface area (Å²) >= 11 is 2.07. The third-order valence-electron chi connectivity index (χ3n) is 3.61. The Morgan fingerprint density at radius 1 is 1.19 bits per heavy atom. The Balaban J connectivity index is 2.71. The molecule has 6 nitrogen and oxygen atoms in total. The van der Waals surface area contributed by atoms with E-state index in [0.717, 1.165) is 17.7 Å². The van der Waals surface area contributed by atoms with Crippen molar-refractivity contribution in [3.8, 4) is 0 Å². The number of carboxylic acids is 1. The predicted molar refractivity (Wildman–Crippen MR) is 101 cm³/mol. The maximum atomic E-state index is 14.6. The van der Waals surface area contributed by atoms with E-state index in [1.54, 1.807) is 25.1 Å². The first-order valence-electron chi connectivity index (χ1n) is 7.17. The number of aromatic carboxylic acids is 1. The second kappa shape index (κ2) is 7.45. The normalized spacial score (nSPS) is 11.7. The molecular formula is C16H15F2IN2O4S.